The fourth-order valence-electron chi connectivity index (χ4n) is 1.90. The summed E-state index contributed by atoms with van der Waals surface area (Å²) < 4.78 is 10.4. The molecule has 1 N–H and O–H groups in total. The van der Waals surface area contributed by atoms with Gasteiger partial charge in [-0.2, -0.15) is 5.10 Å². The first-order chi connectivity index (χ1) is 12.9. The van der Waals surface area contributed by atoms with Crippen LogP contribution in [0.15, 0.2) is 52.0 Å². The molecule has 2 rings (SSSR count). The van der Waals surface area contributed by atoms with Crippen molar-refractivity contribution >= 4 is 39.7 Å². The monoisotopic (exact) mass is 435 g/mol. The van der Waals surface area contributed by atoms with Gasteiger partial charge in [-0.3, -0.25) is 14.9 Å². The molecule has 10 heteroatoms. The van der Waals surface area contributed by atoms with Gasteiger partial charge in [-0.15, -0.1) is 0 Å². The van der Waals surface area contributed by atoms with Gasteiger partial charge in [-0.25, -0.2) is 10.2 Å². The van der Waals surface area contributed by atoms with Crippen LogP contribution in [0, 0.1) is 10.1 Å². The van der Waals surface area contributed by atoms with Gasteiger partial charge in [0.05, 0.1) is 22.7 Å². The van der Waals surface area contributed by atoms with E-state index in [0.717, 1.165) is 6.07 Å². The zero-order valence-corrected chi connectivity index (χ0v) is 15.6. The SMILES string of the molecule is COC(=O)COc1ccc(C=NNC(=O)c2cccc([N+](=O)[O-])c2)cc1Br. The highest BCUT2D eigenvalue weighted by Gasteiger charge is 2.11. The third-order valence-corrected chi connectivity index (χ3v) is 3.85. The Balaban J connectivity index is 1.98. The number of ether oxygens (including phenoxy) is 2. The van der Waals surface area contributed by atoms with Gasteiger partial charge < -0.3 is 9.47 Å². The molecule has 1 amide bonds. The van der Waals surface area contributed by atoms with E-state index >= 15 is 0 Å². The lowest BCUT2D eigenvalue weighted by atomic mass is 10.2. The van der Waals surface area contributed by atoms with Crippen molar-refractivity contribution in [3.05, 3.63) is 68.2 Å². The van der Waals surface area contributed by atoms with Gasteiger partial charge in [0.1, 0.15) is 5.75 Å². The molecular weight excluding hydrogens is 422 g/mol. The molecule has 2 aromatic rings. The highest BCUT2D eigenvalue weighted by molar-refractivity contribution is 9.10. The van der Waals surface area contributed by atoms with Crippen LogP contribution in [0.5, 0.6) is 5.75 Å². The molecule has 0 saturated carbocycles. The highest BCUT2D eigenvalue weighted by atomic mass is 79.9. The number of carbonyl (C=O) groups is 2. The summed E-state index contributed by atoms with van der Waals surface area (Å²) in [4.78, 5) is 33.2. The third-order valence-electron chi connectivity index (χ3n) is 3.23. The second-order valence-electron chi connectivity index (χ2n) is 5.06. The molecule has 0 fully saturated rings. The molecule has 0 atom stereocenters. The van der Waals surface area contributed by atoms with Gasteiger partial charge >= 0.3 is 5.97 Å². The zero-order valence-electron chi connectivity index (χ0n) is 14.0. The van der Waals surface area contributed by atoms with E-state index in [4.69, 9.17) is 4.74 Å². The van der Waals surface area contributed by atoms with E-state index in [0.29, 0.717) is 15.8 Å². The number of nitrogens with zero attached hydrogens (tertiary/aromatic N) is 2. The smallest absolute Gasteiger partial charge is 0.343 e. The van der Waals surface area contributed by atoms with Crippen LogP contribution >= 0.6 is 15.9 Å². The van der Waals surface area contributed by atoms with Crippen molar-refractivity contribution in [3.8, 4) is 5.75 Å². The van der Waals surface area contributed by atoms with Gasteiger partial charge in [0.15, 0.2) is 6.61 Å². The number of nitro groups is 1. The van der Waals surface area contributed by atoms with Crippen LogP contribution in [0.2, 0.25) is 0 Å². The number of esters is 1. The summed E-state index contributed by atoms with van der Waals surface area (Å²) >= 11 is 3.31. The lowest BCUT2D eigenvalue weighted by molar-refractivity contribution is -0.384. The zero-order chi connectivity index (χ0) is 19.8. The van der Waals surface area contributed by atoms with Crippen molar-refractivity contribution in [2.45, 2.75) is 0 Å². The number of hydrogen-bond acceptors (Lipinski definition) is 7. The molecule has 0 radical (unpaired) electrons. The Bertz CT molecular complexity index is 900. The number of hydrazone groups is 1. The summed E-state index contributed by atoms with van der Waals surface area (Å²) in [6, 6.07) is 10.3. The molecular formula is C17H14BrN3O6. The van der Waals surface area contributed by atoms with Crippen LogP contribution in [0.1, 0.15) is 15.9 Å². The van der Waals surface area contributed by atoms with Gasteiger partial charge in [-0.1, -0.05) is 6.07 Å². The molecule has 140 valence electrons. The molecule has 0 aromatic heterocycles. The average molecular weight is 436 g/mol. The molecule has 0 saturated heterocycles. The van der Waals surface area contributed by atoms with Crippen LogP contribution < -0.4 is 10.2 Å². The maximum absolute atomic E-state index is 12.0. The minimum atomic E-state index is -0.582. The number of amides is 1. The standard InChI is InChI=1S/C17H14BrN3O6/c1-26-16(22)10-27-15-6-5-11(7-14(15)18)9-19-20-17(23)12-3-2-4-13(8-12)21(24)25/h2-9H,10H2,1H3,(H,20,23). The van der Waals surface area contributed by atoms with Crippen LogP contribution in [-0.2, 0) is 9.53 Å². The van der Waals surface area contributed by atoms with E-state index in [-0.39, 0.29) is 17.9 Å². The van der Waals surface area contributed by atoms with Gasteiger partial charge in [0.25, 0.3) is 11.6 Å². The summed E-state index contributed by atoms with van der Waals surface area (Å²) in [6.07, 6.45) is 1.39. The molecule has 9 nitrogen and oxygen atoms in total. The number of halogens is 1. The summed E-state index contributed by atoms with van der Waals surface area (Å²) in [5.74, 6) is -0.637. The molecule has 2 aromatic carbocycles. The van der Waals surface area contributed by atoms with E-state index in [2.05, 4.69) is 31.2 Å². The minimum absolute atomic E-state index is 0.120. The largest absolute Gasteiger partial charge is 0.481 e. The Morgan fingerprint density at radius 1 is 1.30 bits per heavy atom. The van der Waals surface area contributed by atoms with Crippen molar-refractivity contribution in [2.24, 2.45) is 5.10 Å². The molecule has 0 aliphatic rings. The van der Waals surface area contributed by atoms with Crippen molar-refractivity contribution in [1.82, 2.24) is 5.43 Å². The lowest BCUT2D eigenvalue weighted by Crippen LogP contribution is -2.17. The maximum Gasteiger partial charge on any atom is 0.343 e. The molecule has 0 aliphatic heterocycles. The first-order valence-corrected chi connectivity index (χ1v) is 8.27. The summed E-state index contributed by atoms with van der Waals surface area (Å²) in [6.45, 7) is -0.220. The first kappa shape index (κ1) is 20.0. The van der Waals surface area contributed by atoms with E-state index in [1.807, 2.05) is 0 Å². The van der Waals surface area contributed by atoms with Crippen LogP contribution in [-0.4, -0.2) is 36.7 Å². The number of benzene rings is 2. The van der Waals surface area contributed by atoms with Crippen molar-refractivity contribution in [3.63, 3.8) is 0 Å². The van der Waals surface area contributed by atoms with Gasteiger partial charge in [0.2, 0.25) is 0 Å². The Labute approximate surface area is 162 Å². The van der Waals surface area contributed by atoms with Crippen LogP contribution in [0.3, 0.4) is 0 Å². The number of carbonyl (C=O) groups excluding carboxylic acids is 2. The van der Waals surface area contributed by atoms with Crippen molar-refractivity contribution in [1.29, 1.82) is 0 Å². The fourth-order valence-corrected chi connectivity index (χ4v) is 2.41. The molecule has 0 spiro atoms. The highest BCUT2D eigenvalue weighted by Crippen LogP contribution is 2.25. The summed E-state index contributed by atoms with van der Waals surface area (Å²) in [7, 11) is 1.27. The first-order valence-electron chi connectivity index (χ1n) is 7.47. The van der Waals surface area contributed by atoms with E-state index in [1.165, 1.54) is 31.5 Å². The number of hydrogen-bond donors (Lipinski definition) is 1. The molecule has 0 heterocycles. The fraction of sp³-hybridized carbons (Fsp3) is 0.118. The van der Waals surface area contributed by atoms with Crippen molar-refractivity contribution in [2.75, 3.05) is 13.7 Å². The molecule has 27 heavy (non-hydrogen) atoms. The maximum atomic E-state index is 12.0. The third kappa shape index (κ3) is 5.89. The number of rotatable bonds is 7. The van der Waals surface area contributed by atoms with Gasteiger partial charge in [0, 0.05) is 17.7 Å². The lowest BCUT2D eigenvalue weighted by Gasteiger charge is -2.07. The Hall–Kier alpha value is -3.27. The molecule has 0 bridgehead atoms. The Kier molecular flexibility index (Phi) is 7.00. The predicted octanol–water partition coefficient (Wildman–Crippen LogP) is 2.67. The quantitative estimate of drug-likeness (QED) is 0.309. The number of nitrogens with one attached hydrogen (secondary N) is 1. The van der Waals surface area contributed by atoms with E-state index < -0.39 is 16.8 Å². The molecule has 0 aliphatic carbocycles. The number of nitro benzene ring substituents is 1. The average Bonchev–Trinajstić information content (AvgIpc) is 2.67. The Morgan fingerprint density at radius 3 is 2.74 bits per heavy atom. The minimum Gasteiger partial charge on any atom is -0.481 e. The van der Waals surface area contributed by atoms with Gasteiger partial charge in [-0.05, 0) is 45.8 Å². The normalized spacial score (nSPS) is 10.4. The second-order valence-corrected chi connectivity index (χ2v) is 5.92. The second kappa shape index (κ2) is 9.43. The van der Waals surface area contributed by atoms with Crippen LogP contribution in [0.4, 0.5) is 5.69 Å². The van der Waals surface area contributed by atoms with E-state index in [9.17, 15) is 19.7 Å². The summed E-state index contributed by atoms with van der Waals surface area (Å²) in [5, 5.41) is 14.6. The Morgan fingerprint density at radius 2 is 2.07 bits per heavy atom. The van der Waals surface area contributed by atoms with Crippen LogP contribution in [0.25, 0.3) is 0 Å². The molecule has 0 unspecified atom stereocenters. The number of non-ortho nitro benzene ring substituents is 1. The van der Waals surface area contributed by atoms with E-state index in [1.54, 1.807) is 18.2 Å². The predicted molar refractivity (Wildman–Crippen MR) is 99.8 cm³/mol. The topological polar surface area (TPSA) is 120 Å². The van der Waals surface area contributed by atoms with Crippen molar-refractivity contribution < 1.29 is 24.0 Å². The summed E-state index contributed by atoms with van der Waals surface area (Å²) in [5.41, 5.74) is 2.88. The number of methoxy groups -OCH3 is 1.